The molecule has 1 fully saturated rings. The molecule has 2 unspecified atom stereocenters. The molecular formula is C19H21N5O. The highest BCUT2D eigenvalue weighted by Gasteiger charge is 2.30. The molecule has 128 valence electrons. The maximum absolute atomic E-state index is 12.4. The van der Waals surface area contributed by atoms with Crippen LogP contribution in [-0.4, -0.2) is 28.0 Å². The molecule has 3 heterocycles. The van der Waals surface area contributed by atoms with Crippen molar-refractivity contribution in [1.29, 1.82) is 0 Å². The summed E-state index contributed by atoms with van der Waals surface area (Å²) in [7, 11) is 0. The Bertz CT molecular complexity index is 860. The number of carbonyl (C=O) groups is 1. The van der Waals surface area contributed by atoms with Crippen LogP contribution < -0.4 is 16.2 Å². The van der Waals surface area contributed by atoms with Crippen LogP contribution in [0.15, 0.2) is 60.9 Å². The van der Waals surface area contributed by atoms with Crippen molar-refractivity contribution >= 4 is 16.8 Å². The highest BCUT2D eigenvalue weighted by Crippen LogP contribution is 2.20. The van der Waals surface area contributed by atoms with Gasteiger partial charge in [-0.25, -0.2) is 10.9 Å². The molecule has 0 aliphatic carbocycles. The van der Waals surface area contributed by atoms with E-state index in [9.17, 15) is 4.79 Å². The van der Waals surface area contributed by atoms with Crippen LogP contribution >= 0.6 is 0 Å². The van der Waals surface area contributed by atoms with Gasteiger partial charge in [-0.15, -0.1) is 0 Å². The lowest BCUT2D eigenvalue weighted by atomic mass is 10.1. The summed E-state index contributed by atoms with van der Waals surface area (Å²) < 4.78 is 2.16. The number of hydrogen-bond acceptors (Lipinski definition) is 4. The number of pyridine rings is 1. The van der Waals surface area contributed by atoms with Gasteiger partial charge >= 0.3 is 0 Å². The summed E-state index contributed by atoms with van der Waals surface area (Å²) in [5.74, 6) is 0.0161. The first kappa shape index (κ1) is 15.8. The molecule has 0 bridgehead atoms. The van der Waals surface area contributed by atoms with E-state index in [1.807, 2.05) is 30.3 Å². The second-order valence-electron chi connectivity index (χ2n) is 6.24. The van der Waals surface area contributed by atoms with Crippen LogP contribution in [0, 0.1) is 0 Å². The quantitative estimate of drug-likeness (QED) is 0.664. The number of rotatable bonds is 5. The number of benzene rings is 1. The third-order valence-electron chi connectivity index (χ3n) is 4.60. The average molecular weight is 335 g/mol. The lowest BCUT2D eigenvalue weighted by Crippen LogP contribution is -2.44. The molecule has 1 aliphatic rings. The summed E-state index contributed by atoms with van der Waals surface area (Å²) in [6, 6.07) is 16.0. The van der Waals surface area contributed by atoms with Crippen LogP contribution in [0.5, 0.6) is 0 Å². The number of hydrogen-bond donors (Lipinski definition) is 3. The minimum atomic E-state index is -0.242. The monoisotopic (exact) mass is 335 g/mol. The first-order valence-corrected chi connectivity index (χ1v) is 8.55. The Labute approximate surface area is 146 Å². The van der Waals surface area contributed by atoms with Gasteiger partial charge in [-0.3, -0.25) is 9.78 Å². The first-order valence-electron chi connectivity index (χ1n) is 8.55. The van der Waals surface area contributed by atoms with Gasteiger partial charge in [0, 0.05) is 31.0 Å². The first-order chi connectivity index (χ1) is 12.3. The van der Waals surface area contributed by atoms with Gasteiger partial charge in [-0.1, -0.05) is 24.3 Å². The number of aromatic nitrogens is 2. The maximum atomic E-state index is 12.4. The van der Waals surface area contributed by atoms with Gasteiger partial charge in [0.25, 0.3) is 0 Å². The number of para-hydroxylation sites is 1. The molecule has 3 aromatic rings. The number of amides is 1. The molecule has 1 amide bonds. The maximum Gasteiger partial charge on any atom is 0.238 e. The molecule has 2 atom stereocenters. The topological polar surface area (TPSA) is 71.0 Å². The smallest absolute Gasteiger partial charge is 0.238 e. The normalized spacial score (nSPS) is 20.0. The van der Waals surface area contributed by atoms with Gasteiger partial charge < -0.3 is 9.88 Å². The van der Waals surface area contributed by atoms with E-state index in [0.29, 0.717) is 13.0 Å². The molecule has 6 nitrogen and oxygen atoms in total. The lowest BCUT2D eigenvalue weighted by molar-refractivity contribution is -0.122. The fourth-order valence-corrected chi connectivity index (χ4v) is 3.26. The van der Waals surface area contributed by atoms with Crippen LogP contribution in [0.2, 0.25) is 0 Å². The third-order valence-corrected chi connectivity index (χ3v) is 4.60. The molecule has 2 aromatic heterocycles. The lowest BCUT2D eigenvalue weighted by Gasteiger charge is -2.11. The SMILES string of the molecule is O=C(NCCn1ccc2ccccc21)C1CC(c2ccccn2)NN1. The van der Waals surface area contributed by atoms with Crippen LogP contribution in [0.4, 0.5) is 0 Å². The van der Waals surface area contributed by atoms with E-state index < -0.39 is 0 Å². The summed E-state index contributed by atoms with van der Waals surface area (Å²) in [4.78, 5) is 16.7. The van der Waals surface area contributed by atoms with Crippen LogP contribution in [-0.2, 0) is 11.3 Å². The molecule has 6 heteroatoms. The molecule has 1 aliphatic heterocycles. The summed E-state index contributed by atoms with van der Waals surface area (Å²) in [5.41, 5.74) is 8.36. The number of fused-ring (bicyclic) bond motifs is 1. The van der Waals surface area contributed by atoms with E-state index in [-0.39, 0.29) is 18.0 Å². The standard InChI is InChI=1S/C19H21N5O/c25-19(17-13-16(22-23-17)15-6-3-4-9-20-15)21-10-12-24-11-8-14-5-1-2-7-18(14)24/h1-9,11,16-17,22-23H,10,12-13H2,(H,21,25). The van der Waals surface area contributed by atoms with Gasteiger partial charge in [0.05, 0.1) is 11.7 Å². The Kier molecular flexibility index (Phi) is 4.45. The molecule has 1 aromatic carbocycles. The van der Waals surface area contributed by atoms with Gasteiger partial charge in [0.1, 0.15) is 6.04 Å². The van der Waals surface area contributed by atoms with Crippen molar-refractivity contribution in [3.8, 4) is 0 Å². The molecular weight excluding hydrogens is 314 g/mol. The van der Waals surface area contributed by atoms with Crippen LogP contribution in [0.1, 0.15) is 18.2 Å². The highest BCUT2D eigenvalue weighted by atomic mass is 16.2. The number of hydrazine groups is 1. The van der Waals surface area contributed by atoms with E-state index in [1.54, 1.807) is 6.20 Å². The Morgan fingerprint density at radius 3 is 2.92 bits per heavy atom. The largest absolute Gasteiger partial charge is 0.353 e. The minimum Gasteiger partial charge on any atom is -0.353 e. The number of carbonyl (C=O) groups excluding carboxylic acids is 1. The minimum absolute atomic E-state index is 0.0161. The Morgan fingerprint density at radius 2 is 2.04 bits per heavy atom. The molecule has 25 heavy (non-hydrogen) atoms. The van der Waals surface area contributed by atoms with Crippen molar-refractivity contribution in [3.63, 3.8) is 0 Å². The van der Waals surface area contributed by atoms with Crippen molar-refractivity contribution in [2.24, 2.45) is 0 Å². The second-order valence-corrected chi connectivity index (χ2v) is 6.24. The van der Waals surface area contributed by atoms with E-state index in [4.69, 9.17) is 0 Å². The van der Waals surface area contributed by atoms with Crippen molar-refractivity contribution in [2.45, 2.75) is 25.0 Å². The zero-order valence-corrected chi connectivity index (χ0v) is 13.9. The van der Waals surface area contributed by atoms with Gasteiger partial charge in [0.2, 0.25) is 5.91 Å². The van der Waals surface area contributed by atoms with E-state index in [0.717, 1.165) is 12.2 Å². The molecule has 4 rings (SSSR count). The Morgan fingerprint density at radius 1 is 1.16 bits per heavy atom. The summed E-state index contributed by atoms with van der Waals surface area (Å²) in [6.07, 6.45) is 4.52. The average Bonchev–Trinajstić information content (AvgIpc) is 3.30. The van der Waals surface area contributed by atoms with Gasteiger partial charge in [-0.2, -0.15) is 0 Å². The summed E-state index contributed by atoms with van der Waals surface area (Å²) in [6.45, 7) is 1.35. The molecule has 3 N–H and O–H groups in total. The van der Waals surface area contributed by atoms with Gasteiger partial charge in [0.15, 0.2) is 0 Å². The zero-order valence-electron chi connectivity index (χ0n) is 13.9. The highest BCUT2D eigenvalue weighted by molar-refractivity contribution is 5.82. The predicted molar refractivity (Wildman–Crippen MR) is 96.6 cm³/mol. The van der Waals surface area contributed by atoms with Crippen LogP contribution in [0.3, 0.4) is 0 Å². The third kappa shape index (κ3) is 3.40. The Hall–Kier alpha value is -2.70. The molecule has 0 spiro atoms. The van der Waals surface area contributed by atoms with Gasteiger partial charge in [-0.05, 0) is 36.1 Å². The zero-order chi connectivity index (χ0) is 17.1. The van der Waals surface area contributed by atoms with Crippen molar-refractivity contribution < 1.29 is 4.79 Å². The van der Waals surface area contributed by atoms with Crippen molar-refractivity contribution in [2.75, 3.05) is 6.54 Å². The predicted octanol–water partition coefficient (Wildman–Crippen LogP) is 1.76. The molecule has 0 radical (unpaired) electrons. The number of nitrogens with one attached hydrogen (secondary N) is 3. The number of nitrogens with zero attached hydrogens (tertiary/aromatic N) is 2. The fourth-order valence-electron chi connectivity index (χ4n) is 3.26. The second kappa shape index (κ2) is 7.04. The van der Waals surface area contributed by atoms with E-state index in [1.165, 1.54) is 10.9 Å². The van der Waals surface area contributed by atoms with Crippen molar-refractivity contribution in [3.05, 3.63) is 66.6 Å². The molecule has 1 saturated heterocycles. The van der Waals surface area contributed by atoms with E-state index >= 15 is 0 Å². The summed E-state index contributed by atoms with van der Waals surface area (Å²) >= 11 is 0. The summed E-state index contributed by atoms with van der Waals surface area (Å²) in [5, 5.41) is 4.23. The van der Waals surface area contributed by atoms with Crippen molar-refractivity contribution in [1.82, 2.24) is 25.7 Å². The fraction of sp³-hybridized carbons (Fsp3) is 0.263. The van der Waals surface area contributed by atoms with E-state index in [2.05, 4.69) is 50.1 Å². The van der Waals surface area contributed by atoms with Crippen LogP contribution in [0.25, 0.3) is 10.9 Å². The molecule has 0 saturated carbocycles. The Balaban J connectivity index is 1.30.